The number of aryl methyl sites for hydroxylation is 1. The lowest BCUT2D eigenvalue weighted by molar-refractivity contribution is 0.0954. The molecule has 5 nitrogen and oxygen atoms in total. The Kier molecular flexibility index (Phi) is 7.69. The minimum Gasteiger partial charge on any atom is -0.352 e. The van der Waals surface area contributed by atoms with Crippen LogP contribution in [0.25, 0.3) is 0 Å². The van der Waals surface area contributed by atoms with Gasteiger partial charge in [0.1, 0.15) is 5.82 Å². The van der Waals surface area contributed by atoms with Gasteiger partial charge >= 0.3 is 0 Å². The van der Waals surface area contributed by atoms with Crippen molar-refractivity contribution in [3.63, 3.8) is 0 Å². The van der Waals surface area contributed by atoms with Gasteiger partial charge in [-0.1, -0.05) is 40.2 Å². The second-order valence-corrected chi connectivity index (χ2v) is 10.3. The van der Waals surface area contributed by atoms with Gasteiger partial charge in [0.15, 0.2) is 0 Å². The maximum absolute atomic E-state index is 13.0. The van der Waals surface area contributed by atoms with Crippen LogP contribution in [0.15, 0.2) is 71.2 Å². The smallest absolute Gasteiger partial charge is 0.251 e. The molecule has 3 aromatic rings. The molecule has 0 atom stereocenters. The first kappa shape index (κ1) is 23.9. The number of nitrogens with one attached hydrogen (secondary N) is 1. The Hall–Kier alpha value is -2.71. The fourth-order valence-electron chi connectivity index (χ4n) is 3.18. The standard InChI is InChI=1S/C24H24BrFN2O3S/c1-17-15-22(11-12-23(17)25)28(32(2,30)31)16-19-3-7-20(8-4-19)24(29)27-14-13-18-5-9-21(26)10-6-18/h3-12,15H,13-14,16H2,1-2H3,(H,27,29). The summed E-state index contributed by atoms with van der Waals surface area (Å²) in [5, 5.41) is 2.84. The summed E-state index contributed by atoms with van der Waals surface area (Å²) >= 11 is 3.43. The Morgan fingerprint density at radius 3 is 2.22 bits per heavy atom. The SMILES string of the molecule is Cc1cc(N(Cc2ccc(C(=O)NCCc3ccc(F)cc3)cc2)S(C)(=O)=O)ccc1Br. The Bertz CT molecular complexity index is 1200. The third-order valence-corrected chi connectivity index (χ3v) is 7.01. The molecule has 0 aromatic heterocycles. The third kappa shape index (κ3) is 6.40. The summed E-state index contributed by atoms with van der Waals surface area (Å²) in [6.45, 7) is 2.49. The molecule has 0 aliphatic rings. The molecule has 32 heavy (non-hydrogen) atoms. The average molecular weight is 519 g/mol. The maximum atomic E-state index is 13.0. The van der Waals surface area contributed by atoms with Gasteiger partial charge in [0.05, 0.1) is 18.5 Å². The van der Waals surface area contributed by atoms with Crippen LogP contribution in [-0.4, -0.2) is 27.1 Å². The highest BCUT2D eigenvalue weighted by Gasteiger charge is 2.19. The van der Waals surface area contributed by atoms with E-state index in [2.05, 4.69) is 21.2 Å². The van der Waals surface area contributed by atoms with Gasteiger partial charge in [-0.15, -0.1) is 0 Å². The monoisotopic (exact) mass is 518 g/mol. The van der Waals surface area contributed by atoms with E-state index >= 15 is 0 Å². The summed E-state index contributed by atoms with van der Waals surface area (Å²) < 4.78 is 40.0. The van der Waals surface area contributed by atoms with Crippen molar-refractivity contribution in [1.82, 2.24) is 5.32 Å². The van der Waals surface area contributed by atoms with Gasteiger partial charge in [0, 0.05) is 16.6 Å². The third-order valence-electron chi connectivity index (χ3n) is 4.98. The Morgan fingerprint density at radius 2 is 1.62 bits per heavy atom. The molecule has 3 aromatic carbocycles. The molecule has 168 valence electrons. The number of hydrogen-bond acceptors (Lipinski definition) is 3. The highest BCUT2D eigenvalue weighted by Crippen LogP contribution is 2.26. The molecule has 1 amide bonds. The molecule has 0 fully saturated rings. The van der Waals surface area contributed by atoms with E-state index < -0.39 is 10.0 Å². The van der Waals surface area contributed by atoms with Crippen molar-refractivity contribution in [3.8, 4) is 0 Å². The molecule has 0 aliphatic carbocycles. The second-order valence-electron chi connectivity index (χ2n) is 7.53. The number of benzene rings is 3. The number of hydrogen-bond donors (Lipinski definition) is 1. The van der Waals surface area contributed by atoms with Crippen molar-refractivity contribution in [2.75, 3.05) is 17.1 Å². The molecule has 0 heterocycles. The summed E-state index contributed by atoms with van der Waals surface area (Å²) in [7, 11) is -3.50. The largest absolute Gasteiger partial charge is 0.352 e. The van der Waals surface area contributed by atoms with Gasteiger partial charge in [-0.25, -0.2) is 12.8 Å². The van der Waals surface area contributed by atoms with Crippen molar-refractivity contribution >= 4 is 37.5 Å². The van der Waals surface area contributed by atoms with Crippen LogP contribution in [0.1, 0.15) is 27.0 Å². The number of halogens is 2. The second kappa shape index (κ2) is 10.3. The first-order valence-corrected chi connectivity index (χ1v) is 12.6. The van der Waals surface area contributed by atoms with Crippen molar-refractivity contribution in [1.29, 1.82) is 0 Å². The van der Waals surface area contributed by atoms with E-state index in [0.29, 0.717) is 24.2 Å². The van der Waals surface area contributed by atoms with Crippen LogP contribution in [0.2, 0.25) is 0 Å². The fraction of sp³-hybridized carbons (Fsp3) is 0.208. The minimum atomic E-state index is -3.50. The van der Waals surface area contributed by atoms with Crippen molar-refractivity contribution in [2.45, 2.75) is 19.9 Å². The van der Waals surface area contributed by atoms with Gasteiger partial charge in [-0.3, -0.25) is 9.10 Å². The fourth-order valence-corrected chi connectivity index (χ4v) is 4.31. The van der Waals surface area contributed by atoms with E-state index in [4.69, 9.17) is 0 Å². The first-order chi connectivity index (χ1) is 15.1. The Labute approximate surface area is 196 Å². The number of nitrogens with zero attached hydrogens (tertiary/aromatic N) is 1. The molecule has 0 bridgehead atoms. The summed E-state index contributed by atoms with van der Waals surface area (Å²) in [4.78, 5) is 12.4. The average Bonchev–Trinajstić information content (AvgIpc) is 2.75. The van der Waals surface area contributed by atoms with Gasteiger partial charge < -0.3 is 5.32 Å². The molecule has 0 saturated carbocycles. The maximum Gasteiger partial charge on any atom is 0.251 e. The lowest BCUT2D eigenvalue weighted by Gasteiger charge is -2.23. The van der Waals surface area contributed by atoms with Crippen LogP contribution < -0.4 is 9.62 Å². The highest BCUT2D eigenvalue weighted by atomic mass is 79.9. The van der Waals surface area contributed by atoms with Crippen LogP contribution in [-0.2, 0) is 23.0 Å². The summed E-state index contributed by atoms with van der Waals surface area (Å²) in [5.74, 6) is -0.509. The molecule has 1 N–H and O–H groups in total. The van der Waals surface area contributed by atoms with Crippen molar-refractivity contribution in [2.24, 2.45) is 0 Å². The normalized spacial score (nSPS) is 11.2. The molecule has 0 saturated heterocycles. The van der Waals surface area contributed by atoms with Crippen LogP contribution >= 0.6 is 15.9 Å². The molecule has 3 rings (SSSR count). The summed E-state index contributed by atoms with van der Waals surface area (Å²) in [6, 6.07) is 18.4. The molecular weight excluding hydrogens is 495 g/mol. The lowest BCUT2D eigenvalue weighted by atomic mass is 10.1. The van der Waals surface area contributed by atoms with E-state index in [1.807, 2.05) is 19.1 Å². The number of amides is 1. The van der Waals surface area contributed by atoms with E-state index in [1.165, 1.54) is 22.7 Å². The predicted molar refractivity (Wildman–Crippen MR) is 129 cm³/mol. The quantitative estimate of drug-likeness (QED) is 0.464. The number of sulfonamides is 1. The van der Waals surface area contributed by atoms with E-state index in [1.54, 1.807) is 42.5 Å². The van der Waals surface area contributed by atoms with Crippen LogP contribution in [0.3, 0.4) is 0 Å². The van der Waals surface area contributed by atoms with Crippen molar-refractivity contribution < 1.29 is 17.6 Å². The molecule has 0 unspecified atom stereocenters. The van der Waals surface area contributed by atoms with Gasteiger partial charge in [0.25, 0.3) is 5.91 Å². The predicted octanol–water partition coefficient (Wildman–Crippen LogP) is 4.84. The molecule has 0 aliphatic heterocycles. The van der Waals surface area contributed by atoms with Gasteiger partial charge in [0.2, 0.25) is 10.0 Å². The van der Waals surface area contributed by atoms with E-state index in [0.717, 1.165) is 21.2 Å². The van der Waals surface area contributed by atoms with Crippen molar-refractivity contribution in [3.05, 3.63) is 99.3 Å². The molecular formula is C24H24BrFN2O3S. The Morgan fingerprint density at radius 1 is 1.00 bits per heavy atom. The summed E-state index contributed by atoms with van der Waals surface area (Å²) in [6.07, 6.45) is 1.77. The Balaban J connectivity index is 1.64. The molecule has 0 spiro atoms. The number of anilines is 1. The zero-order valence-corrected chi connectivity index (χ0v) is 20.2. The van der Waals surface area contributed by atoms with Gasteiger partial charge in [-0.05, 0) is 72.5 Å². The van der Waals surface area contributed by atoms with Gasteiger partial charge in [-0.2, -0.15) is 0 Å². The van der Waals surface area contributed by atoms with Crippen LogP contribution in [0.5, 0.6) is 0 Å². The number of carbonyl (C=O) groups excluding carboxylic acids is 1. The zero-order chi connectivity index (χ0) is 23.3. The van der Waals surface area contributed by atoms with E-state index in [9.17, 15) is 17.6 Å². The molecule has 0 radical (unpaired) electrons. The topological polar surface area (TPSA) is 66.5 Å². The minimum absolute atomic E-state index is 0.159. The highest BCUT2D eigenvalue weighted by molar-refractivity contribution is 9.10. The zero-order valence-electron chi connectivity index (χ0n) is 17.8. The first-order valence-electron chi connectivity index (χ1n) is 9.99. The van der Waals surface area contributed by atoms with Crippen LogP contribution in [0.4, 0.5) is 10.1 Å². The number of carbonyl (C=O) groups is 1. The number of rotatable bonds is 8. The molecule has 8 heteroatoms. The summed E-state index contributed by atoms with van der Waals surface area (Å²) in [5.41, 5.74) is 3.70. The van der Waals surface area contributed by atoms with Crippen LogP contribution in [0, 0.1) is 12.7 Å². The van der Waals surface area contributed by atoms with E-state index in [-0.39, 0.29) is 18.3 Å². The lowest BCUT2D eigenvalue weighted by Crippen LogP contribution is -2.29.